The molecule has 8 nitrogen and oxygen atoms in total. The minimum Gasteiger partial charge on any atom is -0.489 e. The predicted octanol–water partition coefficient (Wildman–Crippen LogP) is 4.78. The summed E-state index contributed by atoms with van der Waals surface area (Å²) in [4.78, 5) is 44.5. The molecule has 3 aromatic rings. The van der Waals surface area contributed by atoms with Gasteiger partial charge in [0, 0.05) is 24.3 Å². The van der Waals surface area contributed by atoms with Gasteiger partial charge in [0.15, 0.2) is 0 Å². The molecule has 0 aromatic heterocycles. The molecule has 2 saturated heterocycles. The molecule has 0 aliphatic carbocycles. The third-order valence-electron chi connectivity index (χ3n) is 7.96. The number of thioether (sulfide) groups is 1. The van der Waals surface area contributed by atoms with Crippen molar-refractivity contribution in [3.63, 3.8) is 0 Å². The number of para-hydroxylation sites is 1. The molecule has 1 spiro atoms. The van der Waals surface area contributed by atoms with Crippen LogP contribution in [-0.2, 0) is 30.6 Å². The molecule has 9 heteroatoms. The summed E-state index contributed by atoms with van der Waals surface area (Å²) in [5.74, 6) is 0.445. The molecule has 0 N–H and O–H groups in total. The number of carbonyl (C=O) groups is 3. The summed E-state index contributed by atoms with van der Waals surface area (Å²) in [7, 11) is 0. The number of esters is 1. The van der Waals surface area contributed by atoms with Crippen molar-refractivity contribution in [1.29, 1.82) is 0 Å². The number of carbonyl (C=O) groups excluding carboxylic acids is 3. The average Bonchev–Trinajstić information content (AvgIpc) is 3.47. The Hall–Kier alpha value is -3.82. The summed E-state index contributed by atoms with van der Waals surface area (Å²) in [5.41, 5.74) is 3.37. The lowest BCUT2D eigenvalue weighted by Crippen LogP contribution is -2.52. The lowest BCUT2D eigenvalue weighted by Gasteiger charge is -2.36. The molecular formula is C32H33N3O5S. The number of hydrogen-bond donors (Lipinski definition) is 0. The second-order valence-electron chi connectivity index (χ2n) is 10.5. The van der Waals surface area contributed by atoms with Gasteiger partial charge in [0.1, 0.15) is 12.4 Å². The van der Waals surface area contributed by atoms with Crippen LogP contribution >= 0.6 is 11.8 Å². The summed E-state index contributed by atoms with van der Waals surface area (Å²) in [6, 6.07) is 25.1. The van der Waals surface area contributed by atoms with Crippen molar-refractivity contribution in [2.75, 3.05) is 41.9 Å². The van der Waals surface area contributed by atoms with Crippen molar-refractivity contribution < 1.29 is 23.9 Å². The Morgan fingerprint density at radius 1 is 0.951 bits per heavy atom. The number of ether oxygens (including phenoxy) is 2. The first-order valence-corrected chi connectivity index (χ1v) is 15.0. The zero-order valence-corrected chi connectivity index (χ0v) is 23.8. The molecule has 3 aliphatic heterocycles. The largest absolute Gasteiger partial charge is 0.489 e. The number of likely N-dealkylation sites (tertiary alicyclic amines) is 1. The molecule has 6 rings (SSSR count). The van der Waals surface area contributed by atoms with Crippen molar-refractivity contribution in [3.8, 4) is 5.75 Å². The maximum absolute atomic E-state index is 14.4. The standard InChI is InChI=1S/C32H33N3O5S/c1-2-39-30(37)24-16-18-33(19-17-24)22-34-28-11-7-6-10-27(28)32(31(34)38)35(29(36)21-41-32)25-12-14-26(15-13-25)40-20-23-8-4-3-5-9-23/h3-15,24H,2,16-22H2,1H3/t32-/m1/s1. The van der Waals surface area contributed by atoms with Gasteiger partial charge in [-0.3, -0.25) is 29.1 Å². The van der Waals surface area contributed by atoms with Gasteiger partial charge >= 0.3 is 5.97 Å². The Balaban J connectivity index is 1.22. The maximum atomic E-state index is 14.4. The quantitative estimate of drug-likeness (QED) is 0.360. The van der Waals surface area contributed by atoms with Gasteiger partial charge in [0.25, 0.3) is 5.91 Å². The van der Waals surface area contributed by atoms with Gasteiger partial charge in [0.05, 0.1) is 30.6 Å². The number of anilines is 2. The van der Waals surface area contributed by atoms with E-state index < -0.39 is 4.87 Å². The summed E-state index contributed by atoms with van der Waals surface area (Å²) in [6.07, 6.45) is 1.40. The van der Waals surface area contributed by atoms with Crippen LogP contribution in [0.4, 0.5) is 11.4 Å². The Morgan fingerprint density at radius 3 is 2.39 bits per heavy atom. The molecule has 0 radical (unpaired) electrons. The van der Waals surface area contributed by atoms with Crippen molar-refractivity contribution in [3.05, 3.63) is 90.0 Å². The highest BCUT2D eigenvalue weighted by molar-refractivity contribution is 8.02. The first-order valence-electron chi connectivity index (χ1n) is 14.1. The van der Waals surface area contributed by atoms with Crippen LogP contribution in [0.5, 0.6) is 5.75 Å². The van der Waals surface area contributed by atoms with Crippen molar-refractivity contribution in [2.45, 2.75) is 31.2 Å². The number of rotatable bonds is 8. The van der Waals surface area contributed by atoms with E-state index in [1.54, 1.807) is 9.80 Å². The number of hydrogen-bond acceptors (Lipinski definition) is 7. The van der Waals surface area contributed by atoms with Gasteiger partial charge in [-0.25, -0.2) is 0 Å². The minimum absolute atomic E-state index is 0.0998. The van der Waals surface area contributed by atoms with Gasteiger partial charge < -0.3 is 9.47 Å². The van der Waals surface area contributed by atoms with Gasteiger partial charge in [-0.2, -0.15) is 0 Å². The van der Waals surface area contributed by atoms with Crippen LogP contribution in [0.2, 0.25) is 0 Å². The Kier molecular flexibility index (Phi) is 7.73. The van der Waals surface area contributed by atoms with Gasteiger partial charge in [-0.05, 0) is 55.7 Å². The molecular weight excluding hydrogens is 538 g/mol. The monoisotopic (exact) mass is 571 g/mol. The highest BCUT2D eigenvalue weighted by Gasteiger charge is 2.61. The highest BCUT2D eigenvalue weighted by Crippen LogP contribution is 2.55. The lowest BCUT2D eigenvalue weighted by molar-refractivity contribution is -0.149. The maximum Gasteiger partial charge on any atom is 0.309 e. The number of amides is 2. The van der Waals surface area contributed by atoms with Crippen LogP contribution in [0, 0.1) is 5.92 Å². The number of fused-ring (bicyclic) bond motifs is 2. The van der Waals surface area contributed by atoms with Crippen LogP contribution in [0.3, 0.4) is 0 Å². The van der Waals surface area contributed by atoms with E-state index in [4.69, 9.17) is 9.47 Å². The van der Waals surface area contributed by atoms with E-state index >= 15 is 0 Å². The van der Waals surface area contributed by atoms with Crippen LogP contribution in [-0.4, -0.2) is 54.8 Å². The molecule has 212 valence electrons. The molecule has 1 atom stereocenters. The number of nitrogens with zero attached hydrogens (tertiary/aromatic N) is 3. The highest BCUT2D eigenvalue weighted by atomic mass is 32.2. The summed E-state index contributed by atoms with van der Waals surface area (Å²) in [6.45, 7) is 4.45. The first-order chi connectivity index (χ1) is 20.0. The molecule has 2 amide bonds. The zero-order chi connectivity index (χ0) is 28.4. The summed E-state index contributed by atoms with van der Waals surface area (Å²) in [5, 5.41) is 0. The predicted molar refractivity (Wildman–Crippen MR) is 159 cm³/mol. The normalized spacial score (nSPS) is 21.0. The molecule has 2 fully saturated rings. The smallest absolute Gasteiger partial charge is 0.309 e. The topological polar surface area (TPSA) is 79.4 Å². The minimum atomic E-state index is -1.16. The molecule has 0 bridgehead atoms. The third-order valence-corrected chi connectivity index (χ3v) is 9.34. The van der Waals surface area contributed by atoms with Crippen LogP contribution in [0.15, 0.2) is 78.9 Å². The Labute approximate surface area is 244 Å². The summed E-state index contributed by atoms with van der Waals surface area (Å²) >= 11 is 1.38. The number of piperidine rings is 1. The van der Waals surface area contributed by atoms with E-state index in [-0.39, 0.29) is 29.5 Å². The third kappa shape index (κ3) is 5.08. The SMILES string of the molecule is CCOC(=O)C1CCN(CN2C(=O)[C@]3(SCC(=O)N3c3ccc(OCc4ccccc4)cc3)c3ccccc32)CC1. The van der Waals surface area contributed by atoms with Gasteiger partial charge in [0.2, 0.25) is 10.8 Å². The zero-order valence-electron chi connectivity index (χ0n) is 23.0. The average molecular weight is 572 g/mol. The van der Waals surface area contributed by atoms with E-state index in [1.165, 1.54) is 11.8 Å². The Morgan fingerprint density at radius 2 is 1.66 bits per heavy atom. The fourth-order valence-electron chi connectivity index (χ4n) is 5.90. The summed E-state index contributed by atoms with van der Waals surface area (Å²) < 4.78 is 11.2. The van der Waals surface area contributed by atoms with E-state index in [2.05, 4.69) is 4.90 Å². The van der Waals surface area contributed by atoms with Crippen molar-refractivity contribution in [2.24, 2.45) is 5.92 Å². The van der Waals surface area contributed by atoms with Crippen molar-refractivity contribution in [1.82, 2.24) is 4.90 Å². The lowest BCUT2D eigenvalue weighted by atomic mass is 9.97. The fraction of sp³-hybridized carbons (Fsp3) is 0.344. The molecule has 3 aromatic carbocycles. The molecule has 0 saturated carbocycles. The van der Waals surface area contributed by atoms with Crippen LogP contribution in [0.1, 0.15) is 30.9 Å². The second-order valence-corrected chi connectivity index (χ2v) is 11.6. The van der Waals surface area contributed by atoms with Crippen LogP contribution < -0.4 is 14.5 Å². The van der Waals surface area contributed by atoms with Gasteiger partial charge in [-0.1, -0.05) is 48.5 Å². The van der Waals surface area contributed by atoms with Crippen molar-refractivity contribution >= 4 is 40.9 Å². The molecule has 3 heterocycles. The Bertz CT molecular complexity index is 1420. The second kappa shape index (κ2) is 11.6. The van der Waals surface area contributed by atoms with E-state index in [0.717, 1.165) is 16.8 Å². The van der Waals surface area contributed by atoms with E-state index in [0.29, 0.717) is 57.3 Å². The fourth-order valence-corrected chi connectivity index (χ4v) is 7.26. The van der Waals surface area contributed by atoms with E-state index in [9.17, 15) is 14.4 Å². The van der Waals surface area contributed by atoms with Gasteiger partial charge in [-0.15, -0.1) is 11.8 Å². The number of benzene rings is 3. The molecule has 0 unspecified atom stereocenters. The van der Waals surface area contributed by atoms with Crippen LogP contribution in [0.25, 0.3) is 0 Å². The molecule has 41 heavy (non-hydrogen) atoms. The molecule has 3 aliphatic rings. The van der Waals surface area contributed by atoms with E-state index in [1.807, 2.05) is 85.8 Å². The first kappa shape index (κ1) is 27.4.